The Balaban J connectivity index is 2.12. The van der Waals surface area contributed by atoms with Gasteiger partial charge in [-0.2, -0.15) is 0 Å². The lowest BCUT2D eigenvalue weighted by atomic mass is 9.66. The van der Waals surface area contributed by atoms with Crippen LogP contribution in [-0.4, -0.2) is 28.3 Å². The van der Waals surface area contributed by atoms with Crippen LogP contribution in [0.3, 0.4) is 0 Å². The summed E-state index contributed by atoms with van der Waals surface area (Å²) < 4.78 is 0. The van der Waals surface area contributed by atoms with E-state index in [9.17, 15) is 15.0 Å². The van der Waals surface area contributed by atoms with Gasteiger partial charge in [0.2, 0.25) is 0 Å². The fourth-order valence-electron chi connectivity index (χ4n) is 3.54. The zero-order valence-corrected chi connectivity index (χ0v) is 14.3. The first kappa shape index (κ1) is 18.0. The van der Waals surface area contributed by atoms with Gasteiger partial charge < -0.3 is 15.5 Å². The number of rotatable bonds is 5. The Morgan fingerprint density at radius 3 is 2.57 bits per heavy atom. The number of hydrogen-bond acceptors (Lipinski definition) is 3. The van der Waals surface area contributed by atoms with E-state index in [1.54, 1.807) is 24.3 Å². The number of aliphatic hydroxyl groups excluding tert-OH is 2. The predicted octanol–water partition coefficient (Wildman–Crippen LogP) is 2.80. The Morgan fingerprint density at radius 2 is 1.96 bits per heavy atom. The lowest BCUT2D eigenvalue weighted by molar-refractivity contribution is -0.133. The molecule has 1 aromatic rings. The highest BCUT2D eigenvalue weighted by atomic mass is 16.3. The number of hydrogen-bond donors (Lipinski definition) is 3. The highest BCUT2D eigenvalue weighted by molar-refractivity contribution is 5.82. The standard InChI is InChI=1S/C19H29NO3/c1-4-19(2,3)14-11-8-12-15(21)16(14)20-18(23)17(22)13-9-6-5-7-10-13/h5-7,9-10,14-17,21-22H,4,8,11-12H2,1-3H3,(H,20,23)/t14-,15+,16-,17+/m1/s1. The quantitative estimate of drug-likeness (QED) is 0.781. The molecule has 128 valence electrons. The van der Waals surface area contributed by atoms with Crippen molar-refractivity contribution >= 4 is 5.91 Å². The van der Waals surface area contributed by atoms with E-state index < -0.39 is 18.1 Å². The molecule has 0 aliphatic heterocycles. The maximum absolute atomic E-state index is 12.4. The molecule has 4 nitrogen and oxygen atoms in total. The molecule has 0 spiro atoms. The second kappa shape index (κ2) is 7.45. The van der Waals surface area contributed by atoms with Gasteiger partial charge >= 0.3 is 0 Å². The molecule has 0 saturated heterocycles. The van der Waals surface area contributed by atoms with E-state index in [0.717, 1.165) is 19.3 Å². The van der Waals surface area contributed by atoms with E-state index in [1.807, 2.05) is 6.07 Å². The van der Waals surface area contributed by atoms with Gasteiger partial charge in [0.05, 0.1) is 12.1 Å². The van der Waals surface area contributed by atoms with Crippen LogP contribution < -0.4 is 5.32 Å². The van der Waals surface area contributed by atoms with Gasteiger partial charge in [-0.05, 0) is 29.7 Å². The van der Waals surface area contributed by atoms with Crippen molar-refractivity contribution in [2.24, 2.45) is 11.3 Å². The third-order valence-electron chi connectivity index (χ3n) is 5.45. The third kappa shape index (κ3) is 4.12. The van der Waals surface area contributed by atoms with Gasteiger partial charge in [-0.15, -0.1) is 0 Å². The zero-order chi connectivity index (χ0) is 17.0. The maximum Gasteiger partial charge on any atom is 0.253 e. The van der Waals surface area contributed by atoms with Crippen molar-refractivity contribution in [1.29, 1.82) is 0 Å². The maximum atomic E-state index is 12.4. The third-order valence-corrected chi connectivity index (χ3v) is 5.45. The average Bonchev–Trinajstić information content (AvgIpc) is 2.56. The summed E-state index contributed by atoms with van der Waals surface area (Å²) in [4.78, 5) is 12.4. The number of aliphatic hydroxyl groups is 2. The molecular formula is C19H29NO3. The van der Waals surface area contributed by atoms with E-state index in [-0.39, 0.29) is 17.4 Å². The topological polar surface area (TPSA) is 69.6 Å². The number of nitrogens with one attached hydrogen (secondary N) is 1. The summed E-state index contributed by atoms with van der Waals surface area (Å²) in [6.45, 7) is 6.50. The van der Waals surface area contributed by atoms with Crippen LogP contribution in [0.25, 0.3) is 0 Å². The van der Waals surface area contributed by atoms with Crippen LogP contribution in [0.5, 0.6) is 0 Å². The molecule has 0 aromatic heterocycles. The van der Waals surface area contributed by atoms with E-state index in [4.69, 9.17) is 0 Å². The lowest BCUT2D eigenvalue weighted by Crippen LogP contribution is -2.55. The summed E-state index contributed by atoms with van der Waals surface area (Å²) in [5.74, 6) is -0.220. The van der Waals surface area contributed by atoms with E-state index in [2.05, 4.69) is 26.1 Å². The minimum absolute atomic E-state index is 0.0387. The molecule has 1 fully saturated rings. The van der Waals surface area contributed by atoms with Crippen molar-refractivity contribution in [1.82, 2.24) is 5.32 Å². The van der Waals surface area contributed by atoms with E-state index in [0.29, 0.717) is 12.0 Å². The molecule has 0 unspecified atom stereocenters. The fraction of sp³-hybridized carbons (Fsp3) is 0.632. The summed E-state index contributed by atoms with van der Waals surface area (Å²) in [6.07, 6.45) is 1.90. The Labute approximate surface area is 138 Å². The molecule has 3 N–H and O–H groups in total. The van der Waals surface area contributed by atoms with Crippen molar-refractivity contribution in [2.45, 2.75) is 64.7 Å². The van der Waals surface area contributed by atoms with Crippen LogP contribution in [0.15, 0.2) is 30.3 Å². The first-order chi connectivity index (χ1) is 10.9. The van der Waals surface area contributed by atoms with Gasteiger partial charge in [-0.3, -0.25) is 4.79 Å². The Morgan fingerprint density at radius 1 is 1.30 bits per heavy atom. The van der Waals surface area contributed by atoms with Crippen LogP contribution >= 0.6 is 0 Å². The normalized spacial score (nSPS) is 26.6. The molecule has 0 bridgehead atoms. The summed E-state index contributed by atoms with van der Waals surface area (Å²) in [6, 6.07) is 8.60. The first-order valence-corrected chi connectivity index (χ1v) is 8.58. The van der Waals surface area contributed by atoms with Crippen molar-refractivity contribution in [3.05, 3.63) is 35.9 Å². The number of carbonyl (C=O) groups excluding carboxylic acids is 1. The summed E-state index contributed by atoms with van der Waals surface area (Å²) >= 11 is 0. The number of benzene rings is 1. The highest BCUT2D eigenvalue weighted by Crippen LogP contribution is 2.40. The summed E-state index contributed by atoms with van der Waals surface area (Å²) in [5, 5.41) is 23.6. The molecule has 1 aliphatic rings. The molecule has 23 heavy (non-hydrogen) atoms. The Kier molecular flexibility index (Phi) is 5.82. The first-order valence-electron chi connectivity index (χ1n) is 8.58. The monoisotopic (exact) mass is 319 g/mol. The van der Waals surface area contributed by atoms with Gasteiger partial charge in [0.1, 0.15) is 0 Å². The molecule has 2 rings (SSSR count). The molecule has 1 amide bonds. The minimum Gasteiger partial charge on any atom is -0.391 e. The van der Waals surface area contributed by atoms with Gasteiger partial charge in [0.25, 0.3) is 5.91 Å². The van der Waals surface area contributed by atoms with Gasteiger partial charge in [-0.1, -0.05) is 63.9 Å². The second-order valence-electron chi connectivity index (χ2n) is 7.29. The van der Waals surface area contributed by atoms with Crippen LogP contribution in [0.2, 0.25) is 0 Å². The van der Waals surface area contributed by atoms with Crippen LogP contribution in [0, 0.1) is 11.3 Å². The molecule has 4 heteroatoms. The number of amides is 1. The molecule has 1 aliphatic carbocycles. The Hall–Kier alpha value is -1.39. The molecule has 1 saturated carbocycles. The summed E-state index contributed by atoms with van der Waals surface area (Å²) in [7, 11) is 0. The van der Waals surface area contributed by atoms with Crippen molar-refractivity contribution in [3.63, 3.8) is 0 Å². The molecule has 0 heterocycles. The van der Waals surface area contributed by atoms with Gasteiger partial charge in [0, 0.05) is 0 Å². The molecule has 1 aromatic carbocycles. The average molecular weight is 319 g/mol. The van der Waals surface area contributed by atoms with E-state index >= 15 is 0 Å². The van der Waals surface area contributed by atoms with Gasteiger partial charge in [0.15, 0.2) is 6.10 Å². The SMILES string of the molecule is CCC(C)(C)[C@@H]1CCC[C@H](O)[C@@H]1NC(=O)[C@@H](O)c1ccccc1. The largest absolute Gasteiger partial charge is 0.391 e. The van der Waals surface area contributed by atoms with Crippen molar-refractivity contribution in [3.8, 4) is 0 Å². The number of carbonyl (C=O) groups is 1. The fourth-order valence-corrected chi connectivity index (χ4v) is 3.54. The molecular weight excluding hydrogens is 290 g/mol. The highest BCUT2D eigenvalue weighted by Gasteiger charge is 2.41. The van der Waals surface area contributed by atoms with Crippen LogP contribution in [0.4, 0.5) is 0 Å². The summed E-state index contributed by atoms with van der Waals surface area (Å²) in [5.41, 5.74) is 0.610. The molecule has 0 radical (unpaired) electrons. The van der Waals surface area contributed by atoms with Gasteiger partial charge in [-0.25, -0.2) is 0 Å². The minimum atomic E-state index is -1.20. The second-order valence-corrected chi connectivity index (χ2v) is 7.29. The van der Waals surface area contributed by atoms with E-state index in [1.165, 1.54) is 0 Å². The van der Waals surface area contributed by atoms with Crippen LogP contribution in [0.1, 0.15) is 58.1 Å². The smallest absolute Gasteiger partial charge is 0.253 e. The van der Waals surface area contributed by atoms with Crippen molar-refractivity contribution in [2.75, 3.05) is 0 Å². The zero-order valence-electron chi connectivity index (χ0n) is 14.3. The van der Waals surface area contributed by atoms with Crippen LogP contribution in [-0.2, 0) is 4.79 Å². The van der Waals surface area contributed by atoms with Crippen molar-refractivity contribution < 1.29 is 15.0 Å². The lowest BCUT2D eigenvalue weighted by Gasteiger charge is -2.44. The Bertz CT molecular complexity index is 515. The predicted molar refractivity (Wildman–Crippen MR) is 90.8 cm³/mol. The molecule has 4 atom stereocenters.